The van der Waals surface area contributed by atoms with E-state index in [-0.39, 0.29) is 23.0 Å². The van der Waals surface area contributed by atoms with Gasteiger partial charge in [-0.1, -0.05) is 30.7 Å². The lowest BCUT2D eigenvalue weighted by Crippen LogP contribution is -2.09. The third kappa shape index (κ3) is 3.74. The largest absolute Gasteiger partial charge is 0.380 e. The van der Waals surface area contributed by atoms with Gasteiger partial charge in [0.25, 0.3) is 0 Å². The van der Waals surface area contributed by atoms with Gasteiger partial charge in [0.15, 0.2) is 9.84 Å². The topological polar surface area (TPSA) is 46.2 Å². The first-order chi connectivity index (χ1) is 9.94. The zero-order valence-corrected chi connectivity index (χ0v) is 13.0. The number of anilines is 1. The minimum Gasteiger partial charge on any atom is -0.380 e. The van der Waals surface area contributed by atoms with Gasteiger partial charge in [-0.15, -0.1) is 0 Å². The Kier molecular flexibility index (Phi) is 4.85. The van der Waals surface area contributed by atoms with E-state index in [1.807, 2.05) is 0 Å². The van der Waals surface area contributed by atoms with E-state index in [0.717, 1.165) is 0 Å². The van der Waals surface area contributed by atoms with Crippen LogP contribution in [0.25, 0.3) is 0 Å². The molecule has 1 N–H and O–H groups in total. The maximum Gasteiger partial charge on any atom is 0.180 e. The van der Waals surface area contributed by atoms with Crippen LogP contribution >= 0.6 is 11.6 Å². The van der Waals surface area contributed by atoms with Gasteiger partial charge in [0.2, 0.25) is 0 Å². The maximum absolute atomic E-state index is 13.7. The first-order valence-electron chi connectivity index (χ1n) is 6.43. The van der Waals surface area contributed by atoms with Crippen molar-refractivity contribution in [2.75, 3.05) is 11.1 Å². The van der Waals surface area contributed by atoms with Gasteiger partial charge in [-0.05, 0) is 30.3 Å². The van der Waals surface area contributed by atoms with Crippen LogP contribution in [0, 0.1) is 5.82 Å². The summed E-state index contributed by atoms with van der Waals surface area (Å²) in [6.07, 6.45) is 0. The molecule has 0 radical (unpaired) electrons. The number of hydrogen-bond donors (Lipinski definition) is 1. The van der Waals surface area contributed by atoms with Crippen LogP contribution in [-0.4, -0.2) is 14.2 Å². The number of nitrogens with one attached hydrogen (secondary N) is 1. The number of rotatable bonds is 5. The molecule has 0 bridgehead atoms. The van der Waals surface area contributed by atoms with Crippen molar-refractivity contribution in [2.45, 2.75) is 18.4 Å². The summed E-state index contributed by atoms with van der Waals surface area (Å²) >= 11 is 5.83. The summed E-state index contributed by atoms with van der Waals surface area (Å²) in [5.41, 5.74) is 0.838. The quantitative estimate of drug-likeness (QED) is 0.906. The summed E-state index contributed by atoms with van der Waals surface area (Å²) < 4.78 is 37.7. The Balaban J connectivity index is 2.27. The van der Waals surface area contributed by atoms with E-state index >= 15 is 0 Å². The summed E-state index contributed by atoms with van der Waals surface area (Å²) in [4.78, 5) is 0.218. The Morgan fingerprint density at radius 2 is 1.90 bits per heavy atom. The number of hydrogen-bond acceptors (Lipinski definition) is 3. The Hall–Kier alpha value is -1.59. The molecule has 0 unspecified atom stereocenters. The molecule has 6 heteroatoms. The molecule has 0 aliphatic rings. The van der Waals surface area contributed by atoms with Gasteiger partial charge in [-0.2, -0.15) is 0 Å². The Labute approximate surface area is 128 Å². The van der Waals surface area contributed by atoms with Gasteiger partial charge in [-0.25, -0.2) is 12.8 Å². The van der Waals surface area contributed by atoms with Gasteiger partial charge in [0, 0.05) is 17.1 Å². The van der Waals surface area contributed by atoms with E-state index < -0.39 is 9.84 Å². The van der Waals surface area contributed by atoms with Crippen molar-refractivity contribution in [3.8, 4) is 0 Å². The normalized spacial score (nSPS) is 11.4. The molecule has 3 nitrogen and oxygen atoms in total. The molecule has 2 rings (SSSR count). The molecule has 0 saturated carbocycles. The van der Waals surface area contributed by atoms with E-state index in [2.05, 4.69) is 5.32 Å². The lowest BCUT2D eigenvalue weighted by atomic mass is 10.2. The van der Waals surface area contributed by atoms with Crippen molar-refractivity contribution in [3.05, 3.63) is 58.9 Å². The predicted octanol–water partition coefficient (Wildman–Crippen LogP) is 3.88. The highest BCUT2D eigenvalue weighted by Gasteiger charge is 2.16. The molecule has 0 aromatic heterocycles. The Morgan fingerprint density at radius 3 is 2.62 bits per heavy atom. The monoisotopic (exact) mass is 327 g/mol. The average molecular weight is 328 g/mol. The van der Waals surface area contributed by atoms with Crippen LogP contribution in [0.15, 0.2) is 47.4 Å². The first-order valence-corrected chi connectivity index (χ1v) is 8.46. The standard InChI is InChI=1S/C15H15ClFNO2S/c1-2-21(19,20)15-6-4-3-5-14(15)18-10-11-9-12(16)7-8-13(11)17/h3-9,18H,2,10H2,1H3. The third-order valence-electron chi connectivity index (χ3n) is 3.08. The summed E-state index contributed by atoms with van der Waals surface area (Å²) in [5, 5.41) is 3.39. The number of benzene rings is 2. The van der Waals surface area contributed by atoms with Gasteiger partial charge in [0.05, 0.1) is 16.3 Å². The van der Waals surface area contributed by atoms with Crippen LogP contribution in [0.4, 0.5) is 10.1 Å². The van der Waals surface area contributed by atoms with Crippen LogP contribution in [0.3, 0.4) is 0 Å². The van der Waals surface area contributed by atoms with Gasteiger partial charge < -0.3 is 5.32 Å². The van der Waals surface area contributed by atoms with E-state index in [1.165, 1.54) is 24.3 Å². The third-order valence-corrected chi connectivity index (χ3v) is 5.10. The fourth-order valence-electron chi connectivity index (χ4n) is 1.91. The summed E-state index contributed by atoms with van der Waals surface area (Å²) in [5.74, 6) is -0.375. The molecule has 0 aliphatic carbocycles. The van der Waals surface area contributed by atoms with Crippen LogP contribution < -0.4 is 5.32 Å². The molecule has 2 aromatic rings. The molecule has 0 spiro atoms. The second kappa shape index (κ2) is 6.45. The highest BCUT2D eigenvalue weighted by atomic mass is 35.5. The fraction of sp³-hybridized carbons (Fsp3) is 0.200. The smallest absolute Gasteiger partial charge is 0.180 e. The minimum atomic E-state index is -3.33. The predicted molar refractivity (Wildman–Crippen MR) is 82.9 cm³/mol. The minimum absolute atomic E-state index is 0.0111. The zero-order chi connectivity index (χ0) is 15.5. The molecule has 0 aliphatic heterocycles. The van der Waals surface area contributed by atoms with Crippen molar-refractivity contribution in [3.63, 3.8) is 0 Å². The fourth-order valence-corrected chi connectivity index (χ4v) is 3.18. The Morgan fingerprint density at radius 1 is 1.19 bits per heavy atom. The zero-order valence-electron chi connectivity index (χ0n) is 11.4. The molecule has 2 aromatic carbocycles. The van der Waals surface area contributed by atoms with Gasteiger partial charge in [0.1, 0.15) is 5.82 Å². The molecule has 21 heavy (non-hydrogen) atoms. The lowest BCUT2D eigenvalue weighted by Gasteiger charge is -2.12. The number of para-hydroxylation sites is 1. The molecule has 0 atom stereocenters. The van der Waals surface area contributed by atoms with Crippen LogP contribution in [0.5, 0.6) is 0 Å². The van der Waals surface area contributed by atoms with E-state index in [1.54, 1.807) is 25.1 Å². The number of halogens is 2. The molecule has 0 heterocycles. The second-order valence-electron chi connectivity index (χ2n) is 4.49. The van der Waals surface area contributed by atoms with Gasteiger partial charge >= 0.3 is 0 Å². The van der Waals surface area contributed by atoms with Crippen molar-refractivity contribution in [2.24, 2.45) is 0 Å². The summed E-state index contributed by atoms with van der Waals surface area (Å²) in [6.45, 7) is 1.74. The highest BCUT2D eigenvalue weighted by Crippen LogP contribution is 2.23. The SMILES string of the molecule is CCS(=O)(=O)c1ccccc1NCc1cc(Cl)ccc1F. The van der Waals surface area contributed by atoms with Crippen molar-refractivity contribution in [1.29, 1.82) is 0 Å². The number of sulfone groups is 1. The maximum atomic E-state index is 13.7. The molecule has 0 amide bonds. The first kappa shape index (κ1) is 15.8. The highest BCUT2D eigenvalue weighted by molar-refractivity contribution is 7.91. The molecule has 0 saturated heterocycles. The van der Waals surface area contributed by atoms with Crippen LogP contribution in [0.2, 0.25) is 5.02 Å². The van der Waals surface area contributed by atoms with Crippen LogP contribution in [0.1, 0.15) is 12.5 Å². The van der Waals surface area contributed by atoms with Crippen molar-refractivity contribution in [1.82, 2.24) is 0 Å². The van der Waals surface area contributed by atoms with Gasteiger partial charge in [-0.3, -0.25) is 0 Å². The van der Waals surface area contributed by atoms with E-state index in [0.29, 0.717) is 16.3 Å². The molecule has 0 fully saturated rings. The van der Waals surface area contributed by atoms with Crippen molar-refractivity contribution >= 4 is 27.1 Å². The average Bonchev–Trinajstić information content (AvgIpc) is 2.48. The molecule has 112 valence electrons. The summed E-state index contributed by atoms with van der Waals surface area (Å²) in [6, 6.07) is 10.9. The van der Waals surface area contributed by atoms with E-state index in [9.17, 15) is 12.8 Å². The van der Waals surface area contributed by atoms with E-state index in [4.69, 9.17) is 11.6 Å². The summed E-state index contributed by atoms with van der Waals surface area (Å²) in [7, 11) is -3.33. The lowest BCUT2D eigenvalue weighted by molar-refractivity contribution is 0.597. The molecular formula is C15H15ClFNO2S. The Bertz CT molecular complexity index is 747. The second-order valence-corrected chi connectivity index (χ2v) is 7.17. The van der Waals surface area contributed by atoms with Crippen LogP contribution in [-0.2, 0) is 16.4 Å². The van der Waals surface area contributed by atoms with Crippen molar-refractivity contribution < 1.29 is 12.8 Å². The molecular weight excluding hydrogens is 313 g/mol.